The zero-order valence-electron chi connectivity index (χ0n) is 10.9. The lowest BCUT2D eigenvalue weighted by Gasteiger charge is -2.09. The fraction of sp³-hybridized carbons (Fsp3) is 0.545. The SMILES string of the molecule is CNCc1nnc(NC(C)c2sc(C)nc2C)o1. The molecule has 18 heavy (non-hydrogen) atoms. The molecule has 6 nitrogen and oxygen atoms in total. The summed E-state index contributed by atoms with van der Waals surface area (Å²) >= 11 is 1.68. The van der Waals surface area contributed by atoms with Crippen LogP contribution < -0.4 is 10.6 Å². The van der Waals surface area contributed by atoms with Gasteiger partial charge in [-0.3, -0.25) is 0 Å². The summed E-state index contributed by atoms with van der Waals surface area (Å²) in [5, 5.41) is 15.1. The molecule has 0 aliphatic carbocycles. The summed E-state index contributed by atoms with van der Waals surface area (Å²) in [7, 11) is 1.84. The van der Waals surface area contributed by atoms with Gasteiger partial charge in [-0.05, 0) is 27.8 Å². The first kappa shape index (κ1) is 13.0. The largest absolute Gasteiger partial charge is 0.407 e. The average molecular weight is 267 g/mol. The standard InChI is InChI=1S/C11H17N5OS/c1-6-10(18-8(3)13-6)7(2)14-11-16-15-9(17-11)5-12-4/h7,12H,5H2,1-4H3,(H,14,16). The third kappa shape index (κ3) is 2.85. The van der Waals surface area contributed by atoms with Crippen LogP contribution in [-0.2, 0) is 6.54 Å². The van der Waals surface area contributed by atoms with Crippen LogP contribution >= 0.6 is 11.3 Å². The molecule has 0 aromatic carbocycles. The molecule has 0 radical (unpaired) electrons. The molecule has 2 rings (SSSR count). The molecule has 0 amide bonds. The summed E-state index contributed by atoms with van der Waals surface area (Å²) in [6, 6.07) is 0.553. The van der Waals surface area contributed by atoms with Crippen molar-refractivity contribution in [2.45, 2.75) is 33.4 Å². The van der Waals surface area contributed by atoms with Crippen molar-refractivity contribution in [2.24, 2.45) is 0 Å². The lowest BCUT2D eigenvalue weighted by atomic mass is 10.2. The average Bonchev–Trinajstić information content (AvgIpc) is 2.86. The molecule has 2 aromatic rings. The van der Waals surface area contributed by atoms with Gasteiger partial charge in [0.05, 0.1) is 23.3 Å². The summed E-state index contributed by atoms with van der Waals surface area (Å²) in [6.45, 7) is 6.65. The van der Waals surface area contributed by atoms with Crippen LogP contribution in [0.5, 0.6) is 0 Å². The Morgan fingerprint density at radius 3 is 2.72 bits per heavy atom. The quantitative estimate of drug-likeness (QED) is 0.863. The molecule has 1 unspecified atom stereocenters. The molecule has 0 fully saturated rings. The highest BCUT2D eigenvalue weighted by molar-refractivity contribution is 7.11. The molecule has 2 heterocycles. The van der Waals surface area contributed by atoms with Crippen molar-refractivity contribution in [3.05, 3.63) is 21.5 Å². The molecule has 0 aliphatic heterocycles. The van der Waals surface area contributed by atoms with Crippen molar-refractivity contribution in [1.82, 2.24) is 20.5 Å². The number of aryl methyl sites for hydroxylation is 2. The van der Waals surface area contributed by atoms with Crippen molar-refractivity contribution in [3.8, 4) is 0 Å². The Labute approximate surface area is 110 Å². The van der Waals surface area contributed by atoms with E-state index in [4.69, 9.17) is 4.42 Å². The van der Waals surface area contributed by atoms with E-state index in [1.165, 1.54) is 4.88 Å². The molecule has 0 spiro atoms. The van der Waals surface area contributed by atoms with Gasteiger partial charge in [-0.25, -0.2) is 4.98 Å². The number of thiazole rings is 1. The van der Waals surface area contributed by atoms with Gasteiger partial charge in [0.2, 0.25) is 5.89 Å². The summed E-state index contributed by atoms with van der Waals surface area (Å²) in [6.07, 6.45) is 0. The van der Waals surface area contributed by atoms with Gasteiger partial charge in [-0.2, -0.15) is 0 Å². The van der Waals surface area contributed by atoms with Crippen molar-refractivity contribution in [3.63, 3.8) is 0 Å². The number of nitrogens with zero attached hydrogens (tertiary/aromatic N) is 3. The molecular formula is C11H17N5OS. The summed E-state index contributed by atoms with van der Waals surface area (Å²) in [5.41, 5.74) is 1.05. The van der Waals surface area contributed by atoms with Crippen molar-refractivity contribution >= 4 is 17.4 Å². The maximum absolute atomic E-state index is 5.45. The van der Waals surface area contributed by atoms with Crippen LogP contribution in [-0.4, -0.2) is 22.2 Å². The van der Waals surface area contributed by atoms with Crippen LogP contribution in [0.2, 0.25) is 0 Å². The lowest BCUT2D eigenvalue weighted by molar-refractivity contribution is 0.486. The zero-order valence-corrected chi connectivity index (χ0v) is 11.8. The monoisotopic (exact) mass is 267 g/mol. The maximum atomic E-state index is 5.45. The van der Waals surface area contributed by atoms with Gasteiger partial charge in [0, 0.05) is 4.88 Å². The predicted molar refractivity (Wildman–Crippen MR) is 70.7 cm³/mol. The Morgan fingerprint density at radius 2 is 2.11 bits per heavy atom. The molecule has 0 saturated heterocycles. The fourth-order valence-electron chi connectivity index (χ4n) is 1.73. The second-order valence-corrected chi connectivity index (χ2v) is 5.31. The number of aromatic nitrogens is 3. The van der Waals surface area contributed by atoms with E-state index in [2.05, 4.69) is 32.7 Å². The molecule has 1 atom stereocenters. The van der Waals surface area contributed by atoms with Crippen LogP contribution in [0, 0.1) is 13.8 Å². The maximum Gasteiger partial charge on any atom is 0.316 e. The van der Waals surface area contributed by atoms with Crippen LogP contribution in [0.25, 0.3) is 0 Å². The normalized spacial score (nSPS) is 12.7. The molecular weight excluding hydrogens is 250 g/mol. The Kier molecular flexibility index (Phi) is 3.93. The summed E-state index contributed by atoms with van der Waals surface area (Å²) in [5.74, 6) is 0.574. The minimum Gasteiger partial charge on any atom is -0.407 e. The molecule has 98 valence electrons. The minimum absolute atomic E-state index is 0.110. The molecule has 0 bridgehead atoms. The lowest BCUT2D eigenvalue weighted by Crippen LogP contribution is -2.06. The van der Waals surface area contributed by atoms with Gasteiger partial charge < -0.3 is 15.1 Å². The van der Waals surface area contributed by atoms with Gasteiger partial charge in [0.15, 0.2) is 0 Å². The van der Waals surface area contributed by atoms with Crippen molar-refractivity contribution < 1.29 is 4.42 Å². The Morgan fingerprint density at radius 1 is 1.33 bits per heavy atom. The van der Waals surface area contributed by atoms with Crippen LogP contribution in [0.1, 0.15) is 34.4 Å². The highest BCUT2D eigenvalue weighted by Gasteiger charge is 2.15. The third-order valence-electron chi connectivity index (χ3n) is 2.47. The second-order valence-electron chi connectivity index (χ2n) is 4.08. The number of hydrogen-bond acceptors (Lipinski definition) is 7. The van der Waals surface area contributed by atoms with Crippen molar-refractivity contribution in [2.75, 3.05) is 12.4 Å². The highest BCUT2D eigenvalue weighted by Crippen LogP contribution is 2.26. The smallest absolute Gasteiger partial charge is 0.316 e. The van der Waals surface area contributed by atoms with Gasteiger partial charge in [-0.15, -0.1) is 16.4 Å². The van der Waals surface area contributed by atoms with Gasteiger partial charge in [-0.1, -0.05) is 5.10 Å². The van der Waals surface area contributed by atoms with Gasteiger partial charge in [0.1, 0.15) is 0 Å². The minimum atomic E-state index is 0.110. The van der Waals surface area contributed by atoms with E-state index >= 15 is 0 Å². The van der Waals surface area contributed by atoms with E-state index in [9.17, 15) is 0 Å². The first-order chi connectivity index (χ1) is 8.60. The van der Waals surface area contributed by atoms with E-state index in [-0.39, 0.29) is 6.04 Å². The molecule has 0 saturated carbocycles. The first-order valence-electron chi connectivity index (χ1n) is 5.77. The van der Waals surface area contributed by atoms with E-state index in [1.54, 1.807) is 11.3 Å². The van der Waals surface area contributed by atoms with E-state index in [0.29, 0.717) is 18.5 Å². The number of rotatable bonds is 5. The third-order valence-corrected chi connectivity index (χ3v) is 3.72. The predicted octanol–water partition coefficient (Wildman–Crippen LogP) is 2.04. The topological polar surface area (TPSA) is 75.9 Å². The fourth-order valence-corrected chi connectivity index (χ4v) is 2.66. The van der Waals surface area contributed by atoms with Gasteiger partial charge in [0.25, 0.3) is 0 Å². The summed E-state index contributed by atoms with van der Waals surface area (Å²) in [4.78, 5) is 5.61. The summed E-state index contributed by atoms with van der Waals surface area (Å²) < 4.78 is 5.45. The Balaban J connectivity index is 2.06. The first-order valence-corrected chi connectivity index (χ1v) is 6.59. The van der Waals surface area contributed by atoms with Crippen LogP contribution in [0.4, 0.5) is 6.01 Å². The number of nitrogens with one attached hydrogen (secondary N) is 2. The Bertz CT molecular complexity index is 521. The molecule has 7 heteroatoms. The molecule has 0 aliphatic rings. The van der Waals surface area contributed by atoms with Crippen molar-refractivity contribution in [1.29, 1.82) is 0 Å². The van der Waals surface area contributed by atoms with E-state index in [1.807, 2.05) is 20.9 Å². The number of anilines is 1. The molecule has 2 aromatic heterocycles. The van der Waals surface area contributed by atoms with Crippen LogP contribution in [0.15, 0.2) is 4.42 Å². The van der Waals surface area contributed by atoms with E-state index < -0.39 is 0 Å². The van der Waals surface area contributed by atoms with E-state index in [0.717, 1.165) is 10.7 Å². The van der Waals surface area contributed by atoms with Crippen LogP contribution in [0.3, 0.4) is 0 Å². The highest BCUT2D eigenvalue weighted by atomic mass is 32.1. The zero-order chi connectivity index (χ0) is 13.1. The number of hydrogen-bond donors (Lipinski definition) is 2. The second kappa shape index (κ2) is 5.45. The Hall–Kier alpha value is -1.47. The molecule has 2 N–H and O–H groups in total. The van der Waals surface area contributed by atoms with Gasteiger partial charge >= 0.3 is 6.01 Å².